The average molecular weight is 556 g/mol. The predicted molar refractivity (Wildman–Crippen MR) is 152 cm³/mol. The fraction of sp³-hybridized carbons (Fsp3) is 0.310. The number of amides is 2. The lowest BCUT2D eigenvalue weighted by atomic mass is 10.1. The van der Waals surface area contributed by atoms with E-state index in [0.29, 0.717) is 22.8 Å². The highest BCUT2D eigenvalue weighted by molar-refractivity contribution is 7.92. The second kappa shape index (κ2) is 12.5. The number of rotatable bonds is 10. The molecule has 0 fully saturated rings. The van der Waals surface area contributed by atoms with E-state index in [-0.39, 0.29) is 17.3 Å². The molecule has 1 unspecified atom stereocenters. The Bertz CT molecular complexity index is 1410. The van der Waals surface area contributed by atoms with Crippen LogP contribution < -0.4 is 9.62 Å². The summed E-state index contributed by atoms with van der Waals surface area (Å²) >= 11 is 6.37. The van der Waals surface area contributed by atoms with E-state index in [1.54, 1.807) is 62.4 Å². The van der Waals surface area contributed by atoms with Crippen LogP contribution in [0.25, 0.3) is 0 Å². The lowest BCUT2D eigenvalue weighted by Gasteiger charge is -2.32. The van der Waals surface area contributed by atoms with E-state index in [1.807, 2.05) is 26.8 Å². The monoisotopic (exact) mass is 555 g/mol. The topological polar surface area (TPSA) is 86.8 Å². The highest BCUT2D eigenvalue weighted by Crippen LogP contribution is 2.27. The minimum absolute atomic E-state index is 0.0438. The van der Waals surface area contributed by atoms with Gasteiger partial charge in [-0.1, -0.05) is 53.6 Å². The first-order valence-corrected chi connectivity index (χ1v) is 14.2. The first-order chi connectivity index (χ1) is 17.9. The number of hydrogen-bond acceptors (Lipinski definition) is 4. The van der Waals surface area contributed by atoms with Crippen LogP contribution in [-0.4, -0.2) is 44.3 Å². The van der Waals surface area contributed by atoms with Gasteiger partial charge in [0.15, 0.2) is 0 Å². The van der Waals surface area contributed by atoms with Gasteiger partial charge in [0.25, 0.3) is 10.0 Å². The van der Waals surface area contributed by atoms with Gasteiger partial charge in [-0.3, -0.25) is 13.9 Å². The number of hydrogen-bond donors (Lipinski definition) is 1. The van der Waals surface area contributed by atoms with Gasteiger partial charge in [0, 0.05) is 18.1 Å². The van der Waals surface area contributed by atoms with Crippen molar-refractivity contribution >= 4 is 39.1 Å². The number of benzene rings is 3. The molecule has 7 nitrogen and oxygen atoms in total. The third-order valence-electron chi connectivity index (χ3n) is 6.48. The van der Waals surface area contributed by atoms with Crippen molar-refractivity contribution in [2.24, 2.45) is 0 Å². The van der Waals surface area contributed by atoms with Gasteiger partial charge < -0.3 is 10.2 Å². The summed E-state index contributed by atoms with van der Waals surface area (Å²) in [5, 5.41) is 3.19. The molecule has 0 spiro atoms. The van der Waals surface area contributed by atoms with Crippen molar-refractivity contribution in [3.63, 3.8) is 0 Å². The lowest BCUT2D eigenvalue weighted by molar-refractivity contribution is -0.139. The third kappa shape index (κ3) is 6.74. The van der Waals surface area contributed by atoms with Gasteiger partial charge in [-0.05, 0) is 81.6 Å². The molecule has 0 bridgehead atoms. The van der Waals surface area contributed by atoms with Crippen LogP contribution in [-0.2, 0) is 26.2 Å². The molecule has 0 heterocycles. The smallest absolute Gasteiger partial charge is 0.264 e. The van der Waals surface area contributed by atoms with Gasteiger partial charge in [0.1, 0.15) is 12.6 Å². The number of nitrogens with one attached hydrogen (secondary N) is 1. The Labute approximate surface area is 230 Å². The summed E-state index contributed by atoms with van der Waals surface area (Å²) < 4.78 is 28.9. The molecule has 0 aliphatic carbocycles. The van der Waals surface area contributed by atoms with E-state index >= 15 is 0 Å². The zero-order valence-electron chi connectivity index (χ0n) is 22.4. The molecule has 0 aliphatic heterocycles. The summed E-state index contributed by atoms with van der Waals surface area (Å²) in [5.74, 6) is -0.871. The van der Waals surface area contributed by atoms with Crippen LogP contribution in [0.2, 0.25) is 5.02 Å². The zero-order valence-corrected chi connectivity index (χ0v) is 23.9. The Kier molecular flexibility index (Phi) is 9.57. The highest BCUT2D eigenvalue weighted by Gasteiger charge is 2.32. The fourth-order valence-electron chi connectivity index (χ4n) is 3.96. The zero-order chi connectivity index (χ0) is 28.0. The molecule has 9 heteroatoms. The number of carbonyl (C=O) groups is 2. The van der Waals surface area contributed by atoms with Gasteiger partial charge in [-0.25, -0.2) is 8.42 Å². The van der Waals surface area contributed by atoms with Crippen LogP contribution in [0.4, 0.5) is 5.69 Å². The van der Waals surface area contributed by atoms with E-state index < -0.39 is 28.5 Å². The molecule has 38 heavy (non-hydrogen) atoms. The number of likely N-dealkylation sites (N-methyl/N-ethyl adjacent to an activating group) is 1. The second-order valence-corrected chi connectivity index (χ2v) is 11.5. The van der Waals surface area contributed by atoms with E-state index in [0.717, 1.165) is 21.0 Å². The summed E-state index contributed by atoms with van der Waals surface area (Å²) in [6, 6.07) is 18.0. The Morgan fingerprint density at radius 2 is 1.61 bits per heavy atom. The van der Waals surface area contributed by atoms with Crippen LogP contribution in [0.1, 0.15) is 36.1 Å². The van der Waals surface area contributed by atoms with Gasteiger partial charge >= 0.3 is 0 Å². The van der Waals surface area contributed by atoms with Crippen molar-refractivity contribution in [2.45, 2.75) is 52.1 Å². The third-order valence-corrected chi connectivity index (χ3v) is 8.64. The van der Waals surface area contributed by atoms with Crippen molar-refractivity contribution in [3.05, 3.63) is 94.0 Å². The van der Waals surface area contributed by atoms with Crippen LogP contribution in [0.3, 0.4) is 0 Å². The van der Waals surface area contributed by atoms with Crippen molar-refractivity contribution in [2.75, 3.05) is 17.4 Å². The van der Waals surface area contributed by atoms with E-state index in [4.69, 9.17) is 11.6 Å². The largest absolute Gasteiger partial charge is 0.355 e. The van der Waals surface area contributed by atoms with E-state index in [9.17, 15) is 18.0 Å². The number of anilines is 1. The van der Waals surface area contributed by atoms with Gasteiger partial charge in [-0.15, -0.1) is 0 Å². The number of aryl methyl sites for hydroxylation is 3. The summed E-state index contributed by atoms with van der Waals surface area (Å²) in [6.45, 7) is 9.05. The minimum Gasteiger partial charge on any atom is -0.355 e. The Morgan fingerprint density at radius 3 is 2.21 bits per heavy atom. The SMILES string of the molecule is CCNC(=O)C(C)N(Cc1ccccc1Cl)C(=O)CN(c1ccc(C)c(C)c1)S(=O)(=O)c1ccc(C)cc1. The molecule has 1 atom stereocenters. The van der Waals surface area contributed by atoms with Crippen LogP contribution in [0.5, 0.6) is 0 Å². The summed E-state index contributed by atoms with van der Waals surface area (Å²) in [6.07, 6.45) is 0. The average Bonchev–Trinajstić information content (AvgIpc) is 2.88. The number of carbonyl (C=O) groups excluding carboxylic acids is 2. The molecule has 0 saturated heterocycles. The molecule has 3 aromatic carbocycles. The standard InChI is InChI=1S/C29H34ClN3O4S/c1-6-31-29(35)23(5)32(18-24-9-7-8-10-27(24)30)28(34)19-33(25-14-13-21(3)22(4)17-25)38(36,37)26-15-11-20(2)12-16-26/h7-17,23H,6,18-19H2,1-5H3,(H,31,35). The quantitative estimate of drug-likeness (QED) is 0.381. The normalized spacial score (nSPS) is 12.1. The maximum atomic E-state index is 13.9. The molecule has 0 aromatic heterocycles. The second-order valence-electron chi connectivity index (χ2n) is 9.28. The molecular formula is C29H34ClN3O4S. The summed E-state index contributed by atoms with van der Waals surface area (Å²) in [4.78, 5) is 28.1. The molecule has 0 saturated carbocycles. The molecule has 0 aliphatic rings. The molecule has 1 N–H and O–H groups in total. The van der Waals surface area contributed by atoms with Crippen LogP contribution in [0.15, 0.2) is 71.6 Å². The molecule has 202 valence electrons. The Balaban J connectivity index is 2.07. The van der Waals surface area contributed by atoms with Crippen molar-refractivity contribution in [1.82, 2.24) is 10.2 Å². The van der Waals surface area contributed by atoms with E-state index in [1.165, 1.54) is 17.0 Å². The number of halogens is 1. The molecular weight excluding hydrogens is 522 g/mol. The maximum Gasteiger partial charge on any atom is 0.264 e. The molecule has 3 aromatic rings. The maximum absolute atomic E-state index is 13.9. The lowest BCUT2D eigenvalue weighted by Crippen LogP contribution is -2.51. The summed E-state index contributed by atoms with van der Waals surface area (Å²) in [5.41, 5.74) is 3.82. The predicted octanol–water partition coefficient (Wildman–Crippen LogP) is 5.01. The van der Waals surface area contributed by atoms with Gasteiger partial charge in [-0.2, -0.15) is 0 Å². The molecule has 3 rings (SSSR count). The van der Waals surface area contributed by atoms with E-state index in [2.05, 4.69) is 5.32 Å². The highest BCUT2D eigenvalue weighted by atomic mass is 35.5. The number of nitrogens with zero attached hydrogens (tertiary/aromatic N) is 2. The molecule has 2 amide bonds. The van der Waals surface area contributed by atoms with Gasteiger partial charge in [0.2, 0.25) is 11.8 Å². The van der Waals surface area contributed by atoms with Crippen molar-refractivity contribution in [3.8, 4) is 0 Å². The van der Waals surface area contributed by atoms with Crippen LogP contribution >= 0.6 is 11.6 Å². The summed E-state index contributed by atoms with van der Waals surface area (Å²) in [7, 11) is -4.11. The first kappa shape index (κ1) is 29.2. The van der Waals surface area contributed by atoms with Crippen molar-refractivity contribution < 1.29 is 18.0 Å². The fourth-order valence-corrected chi connectivity index (χ4v) is 5.56. The van der Waals surface area contributed by atoms with Crippen molar-refractivity contribution in [1.29, 1.82) is 0 Å². The van der Waals surface area contributed by atoms with Gasteiger partial charge in [0.05, 0.1) is 10.6 Å². The first-order valence-electron chi connectivity index (χ1n) is 12.4. The minimum atomic E-state index is -4.11. The Morgan fingerprint density at radius 1 is 0.947 bits per heavy atom. The number of sulfonamides is 1. The van der Waals surface area contributed by atoms with Crippen LogP contribution in [0, 0.1) is 20.8 Å². The Hall–Kier alpha value is -3.36. The molecule has 0 radical (unpaired) electrons.